The molecule has 0 aromatic carbocycles. The summed E-state index contributed by atoms with van der Waals surface area (Å²) >= 11 is 0. The Labute approximate surface area is 432 Å². The molecule has 5 heteroatoms. The van der Waals surface area contributed by atoms with E-state index in [9.17, 15) is 20.1 Å². The van der Waals surface area contributed by atoms with Gasteiger partial charge in [0.25, 0.3) is 0 Å². The van der Waals surface area contributed by atoms with Gasteiger partial charge in [0, 0.05) is 0 Å². The molecular weight excluding hydrogens is 847 g/mol. The number of amides is 1. The second kappa shape index (κ2) is 59.1. The van der Waals surface area contributed by atoms with Crippen molar-refractivity contribution in [2.24, 2.45) is 0 Å². The molecule has 0 aliphatic rings. The first-order valence-electron chi connectivity index (χ1n) is 31.3. The van der Waals surface area contributed by atoms with Crippen LogP contribution in [0.1, 0.15) is 341 Å². The van der Waals surface area contributed by atoms with Gasteiger partial charge in [-0.2, -0.15) is 0 Å². The van der Waals surface area contributed by atoms with Crippen LogP contribution in [0.15, 0.2) is 36.5 Å². The van der Waals surface area contributed by atoms with E-state index >= 15 is 0 Å². The molecular formula is C64H123NO4. The van der Waals surface area contributed by atoms with Crippen molar-refractivity contribution in [3.05, 3.63) is 36.5 Å². The lowest BCUT2D eigenvalue weighted by Crippen LogP contribution is -2.45. The van der Waals surface area contributed by atoms with Crippen molar-refractivity contribution in [3.8, 4) is 0 Å². The Kier molecular flexibility index (Phi) is 57.9. The van der Waals surface area contributed by atoms with Gasteiger partial charge in [-0.3, -0.25) is 4.79 Å². The number of nitrogens with one attached hydrogen (secondary N) is 1. The summed E-state index contributed by atoms with van der Waals surface area (Å²) in [6.45, 7) is 4.25. The van der Waals surface area contributed by atoms with Gasteiger partial charge in [0.1, 0.15) is 0 Å². The lowest BCUT2D eigenvalue weighted by Gasteiger charge is -2.21. The quantitative estimate of drug-likeness (QED) is 0.0361. The normalized spacial score (nSPS) is 13.4. The van der Waals surface area contributed by atoms with E-state index in [-0.39, 0.29) is 18.9 Å². The maximum Gasteiger partial charge on any atom is 0.222 e. The van der Waals surface area contributed by atoms with Crippen LogP contribution < -0.4 is 5.32 Å². The summed E-state index contributed by atoms with van der Waals surface area (Å²) in [6.07, 6.45) is 77.9. The van der Waals surface area contributed by atoms with E-state index in [4.69, 9.17) is 0 Å². The largest absolute Gasteiger partial charge is 0.394 e. The predicted octanol–water partition coefficient (Wildman–Crippen LogP) is 19.8. The monoisotopic (exact) mass is 970 g/mol. The van der Waals surface area contributed by atoms with Gasteiger partial charge in [-0.1, -0.05) is 314 Å². The molecule has 0 fully saturated rings. The smallest absolute Gasteiger partial charge is 0.222 e. The molecule has 0 aliphatic heterocycles. The van der Waals surface area contributed by atoms with Crippen LogP contribution in [-0.4, -0.2) is 46.1 Å². The zero-order valence-electron chi connectivity index (χ0n) is 46.7. The minimum atomic E-state index is -0.953. The van der Waals surface area contributed by atoms with E-state index in [1.54, 1.807) is 6.08 Å². The summed E-state index contributed by atoms with van der Waals surface area (Å²) in [5.41, 5.74) is 0. The fourth-order valence-corrected chi connectivity index (χ4v) is 9.88. The highest BCUT2D eigenvalue weighted by Crippen LogP contribution is 2.18. The third-order valence-electron chi connectivity index (χ3n) is 14.6. The maximum atomic E-state index is 12.5. The lowest BCUT2D eigenvalue weighted by atomic mass is 10.0. The summed E-state index contributed by atoms with van der Waals surface area (Å²) < 4.78 is 0. The fraction of sp³-hybridized carbons (Fsp3) is 0.891. The van der Waals surface area contributed by atoms with Gasteiger partial charge in [0.2, 0.25) is 5.91 Å². The number of hydrogen-bond donors (Lipinski definition) is 4. The van der Waals surface area contributed by atoms with Crippen LogP contribution in [0.25, 0.3) is 0 Å². The molecule has 0 aromatic heterocycles. The van der Waals surface area contributed by atoms with E-state index in [1.807, 2.05) is 6.08 Å². The standard InChI is InChI=1S/C64H123NO4/c1-3-5-7-9-11-13-15-17-19-21-23-25-27-29-30-31-32-34-35-37-39-41-43-45-47-49-51-53-55-57-61(67)59-64(69)65-62(60-66)63(68)58-56-54-52-50-48-46-44-42-40-38-36-33-28-26-24-22-20-18-16-14-12-10-8-6-4-2/h29-30,48,50,56,58,61-63,66-68H,3-28,31-47,49,51-55,57,59-60H2,1-2H3,(H,65,69)/b30-29-,50-48+,58-56+. The van der Waals surface area contributed by atoms with Crippen LogP contribution in [0, 0.1) is 0 Å². The molecule has 0 bridgehead atoms. The molecule has 0 heterocycles. The third kappa shape index (κ3) is 55.7. The van der Waals surface area contributed by atoms with Crippen molar-refractivity contribution in [2.45, 2.75) is 360 Å². The molecule has 0 aliphatic carbocycles. The second-order valence-corrected chi connectivity index (χ2v) is 21.7. The zero-order chi connectivity index (χ0) is 50.0. The first-order chi connectivity index (χ1) is 34.0. The summed E-state index contributed by atoms with van der Waals surface area (Å²) in [5.74, 6) is -0.320. The third-order valence-corrected chi connectivity index (χ3v) is 14.6. The van der Waals surface area contributed by atoms with E-state index in [0.29, 0.717) is 6.42 Å². The van der Waals surface area contributed by atoms with Crippen LogP contribution in [0.4, 0.5) is 0 Å². The predicted molar refractivity (Wildman–Crippen MR) is 305 cm³/mol. The Hall–Kier alpha value is -1.43. The fourth-order valence-electron chi connectivity index (χ4n) is 9.88. The Bertz CT molecular complexity index is 1070. The van der Waals surface area contributed by atoms with Gasteiger partial charge in [0.05, 0.1) is 31.3 Å². The molecule has 4 N–H and O–H groups in total. The van der Waals surface area contributed by atoms with Gasteiger partial charge in [-0.05, 0) is 57.8 Å². The minimum Gasteiger partial charge on any atom is -0.394 e. The molecule has 69 heavy (non-hydrogen) atoms. The number of unbranched alkanes of at least 4 members (excludes halogenated alkanes) is 45. The molecule has 408 valence electrons. The van der Waals surface area contributed by atoms with Crippen LogP contribution in [-0.2, 0) is 4.79 Å². The van der Waals surface area contributed by atoms with Crippen molar-refractivity contribution in [1.29, 1.82) is 0 Å². The summed E-state index contributed by atoms with van der Waals surface area (Å²) in [4.78, 5) is 12.5. The minimum absolute atomic E-state index is 0.00776. The zero-order valence-corrected chi connectivity index (χ0v) is 46.7. The molecule has 0 rings (SSSR count). The van der Waals surface area contributed by atoms with Crippen molar-refractivity contribution >= 4 is 5.91 Å². The Morgan fingerprint density at radius 3 is 0.928 bits per heavy atom. The number of aliphatic hydroxyl groups is 3. The second-order valence-electron chi connectivity index (χ2n) is 21.7. The van der Waals surface area contributed by atoms with Crippen molar-refractivity contribution in [2.75, 3.05) is 6.61 Å². The molecule has 0 radical (unpaired) electrons. The lowest BCUT2D eigenvalue weighted by molar-refractivity contribution is -0.124. The highest BCUT2D eigenvalue weighted by molar-refractivity contribution is 5.76. The van der Waals surface area contributed by atoms with Gasteiger partial charge >= 0.3 is 0 Å². The molecule has 0 aromatic rings. The van der Waals surface area contributed by atoms with Crippen molar-refractivity contribution in [1.82, 2.24) is 5.32 Å². The Morgan fingerprint density at radius 1 is 0.362 bits per heavy atom. The number of aliphatic hydroxyl groups excluding tert-OH is 3. The van der Waals surface area contributed by atoms with Crippen LogP contribution in [0.3, 0.4) is 0 Å². The van der Waals surface area contributed by atoms with E-state index in [1.165, 1.54) is 283 Å². The summed E-state index contributed by atoms with van der Waals surface area (Å²) in [7, 11) is 0. The van der Waals surface area contributed by atoms with E-state index in [2.05, 4.69) is 43.5 Å². The number of hydrogen-bond acceptors (Lipinski definition) is 4. The molecule has 5 nitrogen and oxygen atoms in total. The SMILES string of the molecule is CCCCCCCCCCCCCC/C=C\CCCCCCCCCCCCCCCC(O)CC(=O)NC(CO)C(O)/C=C/CC/C=C/CCCCCCCCCCCCCCCCCCCCC. The average molecular weight is 971 g/mol. The molecule has 0 spiro atoms. The van der Waals surface area contributed by atoms with Crippen LogP contribution >= 0.6 is 0 Å². The van der Waals surface area contributed by atoms with E-state index in [0.717, 1.165) is 32.1 Å². The maximum absolute atomic E-state index is 12.5. The highest BCUT2D eigenvalue weighted by Gasteiger charge is 2.20. The molecule has 1 amide bonds. The molecule has 3 unspecified atom stereocenters. The molecule has 0 saturated carbocycles. The average Bonchev–Trinajstić information content (AvgIpc) is 3.35. The highest BCUT2D eigenvalue weighted by atomic mass is 16.3. The van der Waals surface area contributed by atoms with Crippen LogP contribution in [0.2, 0.25) is 0 Å². The van der Waals surface area contributed by atoms with Gasteiger partial charge in [-0.25, -0.2) is 0 Å². The number of carbonyl (C=O) groups is 1. The first kappa shape index (κ1) is 67.6. The number of rotatable bonds is 58. The Balaban J connectivity index is 3.56. The number of allylic oxidation sites excluding steroid dienone is 5. The number of carbonyl (C=O) groups excluding carboxylic acids is 1. The first-order valence-corrected chi connectivity index (χ1v) is 31.3. The van der Waals surface area contributed by atoms with Crippen LogP contribution in [0.5, 0.6) is 0 Å². The summed E-state index contributed by atoms with van der Waals surface area (Å²) in [5, 5.41) is 33.5. The van der Waals surface area contributed by atoms with Gasteiger partial charge < -0.3 is 20.6 Å². The topological polar surface area (TPSA) is 89.8 Å². The van der Waals surface area contributed by atoms with E-state index < -0.39 is 18.2 Å². The van der Waals surface area contributed by atoms with Crippen molar-refractivity contribution in [3.63, 3.8) is 0 Å². The molecule has 0 saturated heterocycles. The van der Waals surface area contributed by atoms with Gasteiger partial charge in [0.15, 0.2) is 0 Å². The van der Waals surface area contributed by atoms with Gasteiger partial charge in [-0.15, -0.1) is 0 Å². The molecule has 3 atom stereocenters. The Morgan fingerprint density at radius 2 is 0.623 bits per heavy atom. The van der Waals surface area contributed by atoms with Crippen molar-refractivity contribution < 1.29 is 20.1 Å². The summed E-state index contributed by atoms with van der Waals surface area (Å²) in [6, 6.07) is -0.762.